The quantitative estimate of drug-likeness (QED) is 0.545. The number of nitrogens with two attached hydrogens (primary N) is 1. The summed E-state index contributed by atoms with van der Waals surface area (Å²) in [6, 6.07) is 4.72. The highest BCUT2D eigenvalue weighted by Crippen LogP contribution is 2.37. The topological polar surface area (TPSA) is 102 Å². The number of hydrogen-bond acceptors (Lipinski definition) is 6. The number of oxime groups is 1. The molecule has 3 N–H and O–H groups in total. The molecule has 0 spiro atoms. The lowest BCUT2D eigenvalue weighted by Crippen LogP contribution is -2.22. The third-order valence-corrected chi connectivity index (χ3v) is 4.67. The van der Waals surface area contributed by atoms with Crippen molar-refractivity contribution in [2.45, 2.75) is 18.8 Å². The highest BCUT2D eigenvalue weighted by Gasteiger charge is 2.29. The Bertz CT molecular complexity index is 1010. The maximum Gasteiger partial charge on any atom is 0.220 e. The molecule has 7 nitrogen and oxygen atoms in total. The van der Waals surface area contributed by atoms with Gasteiger partial charge in [0.2, 0.25) is 5.95 Å². The third kappa shape index (κ3) is 2.79. The van der Waals surface area contributed by atoms with Crippen LogP contribution in [0.2, 0.25) is 0 Å². The average molecular weight is 352 g/mol. The molecule has 26 heavy (non-hydrogen) atoms. The van der Waals surface area contributed by atoms with Crippen molar-refractivity contribution in [1.29, 1.82) is 0 Å². The van der Waals surface area contributed by atoms with Crippen molar-refractivity contribution in [1.82, 2.24) is 19.7 Å². The molecule has 1 aliphatic rings. The molecule has 0 amide bonds. The van der Waals surface area contributed by atoms with Crippen molar-refractivity contribution in [3.63, 3.8) is 0 Å². The Hall–Kier alpha value is -3.29. The number of hydrogen-bond donors (Lipinski definition) is 2. The summed E-state index contributed by atoms with van der Waals surface area (Å²) in [4.78, 5) is 8.28. The molecule has 0 saturated heterocycles. The van der Waals surface area contributed by atoms with E-state index in [-0.39, 0.29) is 17.7 Å². The molecule has 3 aromatic rings. The van der Waals surface area contributed by atoms with Gasteiger partial charge in [0, 0.05) is 37.0 Å². The largest absolute Gasteiger partial charge is 0.411 e. The lowest BCUT2D eigenvalue weighted by molar-refractivity contribution is 0.316. The standard InChI is InChI=1S/C18H17FN6O/c1-25-9-11(7-22-25)14-6-12(19)2-3-13(14)10-4-16-15(17(5-10)24-26)8-21-18(20)23-16/h2-3,6-10,26H,4-5H2,1H3,(H2,20,21,23)/b24-17-. The van der Waals surface area contributed by atoms with E-state index in [1.54, 1.807) is 23.1 Å². The lowest BCUT2D eigenvalue weighted by atomic mass is 9.79. The van der Waals surface area contributed by atoms with Crippen LogP contribution in [0.1, 0.15) is 29.2 Å². The van der Waals surface area contributed by atoms with Crippen LogP contribution in [0.5, 0.6) is 0 Å². The molecular formula is C18H17FN6O. The molecule has 2 heterocycles. The molecule has 0 fully saturated rings. The van der Waals surface area contributed by atoms with E-state index >= 15 is 0 Å². The van der Waals surface area contributed by atoms with E-state index in [9.17, 15) is 9.60 Å². The van der Waals surface area contributed by atoms with Gasteiger partial charge in [0.25, 0.3) is 0 Å². The van der Waals surface area contributed by atoms with Gasteiger partial charge in [-0.1, -0.05) is 11.2 Å². The molecule has 1 unspecified atom stereocenters. The van der Waals surface area contributed by atoms with Gasteiger partial charge in [0.1, 0.15) is 5.82 Å². The maximum atomic E-state index is 13.9. The summed E-state index contributed by atoms with van der Waals surface area (Å²) in [5.74, 6) is -0.168. The zero-order valence-electron chi connectivity index (χ0n) is 14.1. The Morgan fingerprint density at radius 2 is 2.12 bits per heavy atom. The van der Waals surface area contributed by atoms with E-state index < -0.39 is 0 Å². The van der Waals surface area contributed by atoms with E-state index in [2.05, 4.69) is 20.2 Å². The van der Waals surface area contributed by atoms with Crippen molar-refractivity contribution in [3.8, 4) is 11.1 Å². The Labute approximate surface area is 149 Å². The Morgan fingerprint density at radius 3 is 2.85 bits per heavy atom. The zero-order valence-corrected chi connectivity index (χ0v) is 14.1. The highest BCUT2D eigenvalue weighted by molar-refractivity contribution is 6.02. The fraction of sp³-hybridized carbons (Fsp3) is 0.222. The minimum atomic E-state index is -0.313. The Morgan fingerprint density at radius 1 is 1.27 bits per heavy atom. The monoisotopic (exact) mass is 352 g/mol. The van der Waals surface area contributed by atoms with Crippen LogP contribution in [-0.4, -0.2) is 30.7 Å². The van der Waals surface area contributed by atoms with E-state index in [1.165, 1.54) is 12.1 Å². The second-order valence-electron chi connectivity index (χ2n) is 6.37. The smallest absolute Gasteiger partial charge is 0.220 e. The van der Waals surface area contributed by atoms with Crippen LogP contribution in [0.3, 0.4) is 0 Å². The summed E-state index contributed by atoms with van der Waals surface area (Å²) in [5.41, 5.74) is 10.2. The molecule has 4 rings (SSSR count). The minimum Gasteiger partial charge on any atom is -0.411 e. The van der Waals surface area contributed by atoms with Gasteiger partial charge in [-0.15, -0.1) is 0 Å². The third-order valence-electron chi connectivity index (χ3n) is 4.67. The lowest BCUT2D eigenvalue weighted by Gasteiger charge is -2.26. The molecular weight excluding hydrogens is 335 g/mol. The molecule has 1 aromatic carbocycles. The van der Waals surface area contributed by atoms with Crippen molar-refractivity contribution < 1.29 is 9.60 Å². The minimum absolute atomic E-state index is 0.0292. The van der Waals surface area contributed by atoms with Gasteiger partial charge >= 0.3 is 0 Å². The summed E-state index contributed by atoms with van der Waals surface area (Å²) < 4.78 is 15.6. The molecule has 132 valence electrons. The second kappa shape index (κ2) is 6.21. The summed E-state index contributed by atoms with van der Waals surface area (Å²) in [5, 5.41) is 17.0. The molecule has 0 radical (unpaired) electrons. The van der Waals surface area contributed by atoms with E-state index in [1.807, 2.05) is 13.2 Å². The van der Waals surface area contributed by atoms with Crippen LogP contribution < -0.4 is 5.73 Å². The molecule has 0 saturated carbocycles. The van der Waals surface area contributed by atoms with Gasteiger partial charge in [0.15, 0.2) is 0 Å². The first-order valence-corrected chi connectivity index (χ1v) is 8.16. The summed E-state index contributed by atoms with van der Waals surface area (Å²) in [6.45, 7) is 0. The fourth-order valence-electron chi connectivity index (χ4n) is 3.49. The normalized spacial score (nSPS) is 18.1. The van der Waals surface area contributed by atoms with Gasteiger partial charge in [-0.25, -0.2) is 14.4 Å². The van der Waals surface area contributed by atoms with Crippen LogP contribution in [0.15, 0.2) is 41.9 Å². The van der Waals surface area contributed by atoms with Crippen LogP contribution in [0.25, 0.3) is 11.1 Å². The van der Waals surface area contributed by atoms with Crippen molar-refractivity contribution in [3.05, 3.63) is 59.4 Å². The van der Waals surface area contributed by atoms with Crippen molar-refractivity contribution in [2.75, 3.05) is 5.73 Å². The molecule has 8 heteroatoms. The number of benzene rings is 1. The summed E-state index contributed by atoms with van der Waals surface area (Å²) in [7, 11) is 1.82. The first-order chi connectivity index (χ1) is 12.5. The molecule has 0 aliphatic heterocycles. The first-order valence-electron chi connectivity index (χ1n) is 8.16. The van der Waals surface area contributed by atoms with Gasteiger partial charge in [0.05, 0.1) is 17.6 Å². The van der Waals surface area contributed by atoms with Crippen molar-refractivity contribution in [2.24, 2.45) is 12.2 Å². The predicted octanol–water partition coefficient (Wildman–Crippen LogP) is 2.51. The number of anilines is 1. The number of aryl methyl sites for hydroxylation is 1. The fourth-order valence-corrected chi connectivity index (χ4v) is 3.49. The molecule has 1 aliphatic carbocycles. The van der Waals surface area contributed by atoms with Gasteiger partial charge < -0.3 is 10.9 Å². The Balaban J connectivity index is 1.81. The number of nitrogens with zero attached hydrogens (tertiary/aromatic N) is 5. The predicted molar refractivity (Wildman–Crippen MR) is 94.4 cm³/mol. The summed E-state index contributed by atoms with van der Waals surface area (Å²) in [6.07, 6.45) is 6.22. The number of halogens is 1. The van der Waals surface area contributed by atoms with Crippen LogP contribution in [-0.2, 0) is 13.5 Å². The van der Waals surface area contributed by atoms with Crippen molar-refractivity contribution >= 4 is 11.7 Å². The molecule has 0 bridgehead atoms. The van der Waals surface area contributed by atoms with Crippen LogP contribution in [0.4, 0.5) is 10.3 Å². The van der Waals surface area contributed by atoms with Crippen LogP contribution in [0, 0.1) is 5.82 Å². The van der Waals surface area contributed by atoms with Gasteiger partial charge in [-0.2, -0.15) is 5.10 Å². The molecule has 1 atom stereocenters. The maximum absolute atomic E-state index is 13.9. The number of rotatable bonds is 2. The van der Waals surface area contributed by atoms with E-state index in [0.29, 0.717) is 24.1 Å². The van der Waals surface area contributed by atoms with E-state index in [0.717, 1.165) is 22.4 Å². The average Bonchev–Trinajstić information content (AvgIpc) is 3.06. The van der Waals surface area contributed by atoms with Crippen LogP contribution >= 0.6 is 0 Å². The number of aromatic nitrogens is 4. The summed E-state index contributed by atoms with van der Waals surface area (Å²) >= 11 is 0. The van der Waals surface area contributed by atoms with Gasteiger partial charge in [-0.3, -0.25) is 4.68 Å². The number of nitrogen functional groups attached to an aromatic ring is 1. The zero-order chi connectivity index (χ0) is 18.3. The SMILES string of the molecule is Cn1cc(-c2cc(F)ccc2C2C/C(=N/O)c3cnc(N)nc3C2)cn1. The Kier molecular flexibility index (Phi) is 3.87. The first kappa shape index (κ1) is 16.2. The van der Waals surface area contributed by atoms with Gasteiger partial charge in [-0.05, 0) is 35.6 Å². The number of fused-ring (bicyclic) bond motifs is 1. The van der Waals surface area contributed by atoms with E-state index in [4.69, 9.17) is 5.73 Å². The molecule has 2 aromatic heterocycles. The second-order valence-corrected chi connectivity index (χ2v) is 6.37. The highest BCUT2D eigenvalue weighted by atomic mass is 19.1.